The van der Waals surface area contributed by atoms with E-state index in [0.717, 1.165) is 12.8 Å². The average molecular weight is 275 g/mol. The molecule has 1 saturated carbocycles. The van der Waals surface area contributed by atoms with E-state index >= 15 is 0 Å². The molecule has 1 aliphatic heterocycles. The number of rotatable bonds is 3. The smallest absolute Gasteiger partial charge is 0.292 e. The first-order valence-electron chi connectivity index (χ1n) is 6.94. The van der Waals surface area contributed by atoms with Crippen LogP contribution in [0.25, 0.3) is 0 Å². The predicted octanol–water partition coefficient (Wildman–Crippen LogP) is 1.65. The zero-order valence-electron chi connectivity index (χ0n) is 11.2. The van der Waals surface area contributed by atoms with E-state index in [1.54, 1.807) is 12.1 Å². The molecule has 1 saturated heterocycles. The summed E-state index contributed by atoms with van der Waals surface area (Å²) in [5, 5.41) is 11.0. The maximum atomic E-state index is 12.0. The number of amides is 1. The second-order valence-electron chi connectivity index (χ2n) is 5.33. The SMILES string of the molecule is O=C(C1CC1)N1CCN(c2ccccc2[N+](=O)[O-])CC1. The summed E-state index contributed by atoms with van der Waals surface area (Å²) < 4.78 is 0. The van der Waals surface area contributed by atoms with Gasteiger partial charge in [0, 0.05) is 38.2 Å². The lowest BCUT2D eigenvalue weighted by molar-refractivity contribution is -0.384. The standard InChI is InChI=1S/C14H17N3O3/c18-14(11-5-6-11)16-9-7-15(8-10-16)12-3-1-2-4-13(12)17(19)20/h1-4,11H,5-10H2. The molecule has 106 valence electrons. The predicted molar refractivity (Wildman–Crippen MR) is 74.6 cm³/mol. The highest BCUT2D eigenvalue weighted by Gasteiger charge is 2.35. The van der Waals surface area contributed by atoms with E-state index in [9.17, 15) is 14.9 Å². The maximum absolute atomic E-state index is 12.0. The Labute approximate surface area is 117 Å². The quantitative estimate of drug-likeness (QED) is 0.621. The van der Waals surface area contributed by atoms with E-state index < -0.39 is 0 Å². The molecular weight excluding hydrogens is 258 g/mol. The minimum atomic E-state index is -0.350. The van der Waals surface area contributed by atoms with Gasteiger partial charge in [-0.15, -0.1) is 0 Å². The van der Waals surface area contributed by atoms with Crippen molar-refractivity contribution in [3.05, 3.63) is 34.4 Å². The molecule has 2 aliphatic rings. The third-order valence-electron chi connectivity index (χ3n) is 3.94. The van der Waals surface area contributed by atoms with Crippen LogP contribution in [0.5, 0.6) is 0 Å². The lowest BCUT2D eigenvalue weighted by Gasteiger charge is -2.35. The largest absolute Gasteiger partial charge is 0.362 e. The van der Waals surface area contributed by atoms with Crippen LogP contribution in [0, 0.1) is 16.0 Å². The van der Waals surface area contributed by atoms with Gasteiger partial charge in [0.05, 0.1) is 4.92 Å². The number of hydrogen-bond donors (Lipinski definition) is 0. The molecule has 1 heterocycles. The van der Waals surface area contributed by atoms with E-state index in [1.165, 1.54) is 6.07 Å². The van der Waals surface area contributed by atoms with Crippen molar-refractivity contribution in [3.63, 3.8) is 0 Å². The fourth-order valence-corrected chi connectivity index (χ4v) is 2.64. The molecule has 0 radical (unpaired) electrons. The van der Waals surface area contributed by atoms with Crippen molar-refractivity contribution in [3.8, 4) is 0 Å². The number of piperazine rings is 1. The Morgan fingerprint density at radius 2 is 1.80 bits per heavy atom. The van der Waals surface area contributed by atoms with Crippen LogP contribution in [0.2, 0.25) is 0 Å². The Hall–Kier alpha value is -2.11. The van der Waals surface area contributed by atoms with Gasteiger partial charge in [-0.1, -0.05) is 12.1 Å². The van der Waals surface area contributed by atoms with Crippen LogP contribution < -0.4 is 4.90 Å². The van der Waals surface area contributed by atoms with Gasteiger partial charge in [0.25, 0.3) is 5.69 Å². The maximum Gasteiger partial charge on any atom is 0.292 e. The molecule has 0 bridgehead atoms. The van der Waals surface area contributed by atoms with Crippen molar-refractivity contribution in [1.29, 1.82) is 0 Å². The minimum absolute atomic E-state index is 0.134. The summed E-state index contributed by atoms with van der Waals surface area (Å²) in [4.78, 5) is 26.6. The number of benzene rings is 1. The monoisotopic (exact) mass is 275 g/mol. The molecule has 0 spiro atoms. The molecule has 1 aliphatic carbocycles. The van der Waals surface area contributed by atoms with Crippen LogP contribution in [0.4, 0.5) is 11.4 Å². The first-order chi connectivity index (χ1) is 9.66. The Bertz CT molecular complexity index is 534. The normalized spacial score (nSPS) is 19.0. The summed E-state index contributed by atoms with van der Waals surface area (Å²) in [7, 11) is 0. The molecule has 3 rings (SSSR count). The van der Waals surface area contributed by atoms with Crippen molar-refractivity contribution in [2.45, 2.75) is 12.8 Å². The van der Waals surface area contributed by atoms with Gasteiger partial charge in [-0.3, -0.25) is 14.9 Å². The van der Waals surface area contributed by atoms with Crippen LogP contribution in [0.1, 0.15) is 12.8 Å². The second-order valence-corrected chi connectivity index (χ2v) is 5.33. The number of hydrogen-bond acceptors (Lipinski definition) is 4. The fourth-order valence-electron chi connectivity index (χ4n) is 2.64. The molecule has 1 amide bonds. The summed E-state index contributed by atoms with van der Waals surface area (Å²) in [5.74, 6) is 0.500. The lowest BCUT2D eigenvalue weighted by atomic mass is 10.2. The molecule has 0 atom stereocenters. The van der Waals surface area contributed by atoms with Gasteiger partial charge in [-0.2, -0.15) is 0 Å². The second kappa shape index (κ2) is 5.11. The number of carbonyl (C=O) groups excluding carboxylic acids is 1. The molecule has 0 aromatic heterocycles. The molecule has 6 heteroatoms. The number of para-hydroxylation sites is 2. The van der Waals surface area contributed by atoms with Crippen molar-refractivity contribution in [2.75, 3.05) is 31.1 Å². The highest BCUT2D eigenvalue weighted by atomic mass is 16.6. The zero-order valence-corrected chi connectivity index (χ0v) is 11.2. The summed E-state index contributed by atoms with van der Waals surface area (Å²) in [6.45, 7) is 2.62. The summed E-state index contributed by atoms with van der Waals surface area (Å²) >= 11 is 0. The van der Waals surface area contributed by atoms with Crippen molar-refractivity contribution >= 4 is 17.3 Å². The molecular formula is C14H17N3O3. The van der Waals surface area contributed by atoms with Crippen molar-refractivity contribution in [1.82, 2.24) is 4.90 Å². The van der Waals surface area contributed by atoms with Crippen LogP contribution >= 0.6 is 0 Å². The molecule has 0 N–H and O–H groups in total. The van der Waals surface area contributed by atoms with Crippen LogP contribution in [0.3, 0.4) is 0 Å². The molecule has 0 unspecified atom stereocenters. The Balaban J connectivity index is 1.69. The van der Waals surface area contributed by atoms with Crippen LogP contribution in [-0.4, -0.2) is 41.9 Å². The average Bonchev–Trinajstić information content (AvgIpc) is 3.31. The van der Waals surface area contributed by atoms with Crippen molar-refractivity contribution in [2.24, 2.45) is 5.92 Å². The van der Waals surface area contributed by atoms with Gasteiger partial charge >= 0.3 is 0 Å². The third-order valence-corrected chi connectivity index (χ3v) is 3.94. The number of nitrogens with zero attached hydrogens (tertiary/aromatic N) is 3. The Morgan fingerprint density at radius 3 is 2.40 bits per heavy atom. The van der Waals surface area contributed by atoms with E-state index in [4.69, 9.17) is 0 Å². The van der Waals surface area contributed by atoms with E-state index in [-0.39, 0.29) is 22.4 Å². The highest BCUT2D eigenvalue weighted by Crippen LogP contribution is 2.32. The molecule has 6 nitrogen and oxygen atoms in total. The molecule has 2 fully saturated rings. The minimum Gasteiger partial charge on any atom is -0.362 e. The Kier molecular flexibility index (Phi) is 3.30. The van der Waals surface area contributed by atoms with Gasteiger partial charge in [-0.05, 0) is 18.9 Å². The van der Waals surface area contributed by atoms with Gasteiger partial charge in [0.15, 0.2) is 0 Å². The number of nitro groups is 1. The van der Waals surface area contributed by atoms with Crippen LogP contribution in [-0.2, 0) is 4.79 Å². The van der Waals surface area contributed by atoms with E-state index in [1.807, 2.05) is 15.9 Å². The molecule has 1 aromatic carbocycles. The number of nitro benzene ring substituents is 1. The van der Waals surface area contributed by atoms with Gasteiger partial charge in [-0.25, -0.2) is 0 Å². The third kappa shape index (κ3) is 2.45. The summed E-state index contributed by atoms with van der Waals surface area (Å²) in [6, 6.07) is 6.78. The van der Waals surface area contributed by atoms with Gasteiger partial charge < -0.3 is 9.80 Å². The molecule has 1 aromatic rings. The fraction of sp³-hybridized carbons (Fsp3) is 0.500. The number of anilines is 1. The Morgan fingerprint density at radius 1 is 1.15 bits per heavy atom. The summed E-state index contributed by atoms with van der Waals surface area (Å²) in [6.07, 6.45) is 2.03. The van der Waals surface area contributed by atoms with Gasteiger partial charge in [0.1, 0.15) is 5.69 Å². The van der Waals surface area contributed by atoms with Gasteiger partial charge in [0.2, 0.25) is 5.91 Å². The molecule has 20 heavy (non-hydrogen) atoms. The van der Waals surface area contributed by atoms with Crippen molar-refractivity contribution < 1.29 is 9.72 Å². The first-order valence-corrected chi connectivity index (χ1v) is 6.94. The zero-order chi connectivity index (χ0) is 14.1. The van der Waals surface area contributed by atoms with E-state index in [0.29, 0.717) is 31.9 Å². The summed E-state index contributed by atoms with van der Waals surface area (Å²) in [5.41, 5.74) is 0.783. The highest BCUT2D eigenvalue weighted by molar-refractivity contribution is 5.81. The van der Waals surface area contributed by atoms with E-state index in [2.05, 4.69) is 0 Å². The number of carbonyl (C=O) groups is 1. The lowest BCUT2D eigenvalue weighted by Crippen LogP contribution is -2.49. The first kappa shape index (κ1) is 12.9. The topological polar surface area (TPSA) is 66.7 Å². The van der Waals surface area contributed by atoms with Crippen LogP contribution in [0.15, 0.2) is 24.3 Å².